The lowest BCUT2D eigenvalue weighted by molar-refractivity contribution is -0.142. The van der Waals surface area contributed by atoms with Crippen LogP contribution in [0.5, 0.6) is 0 Å². The first-order valence-corrected chi connectivity index (χ1v) is 9.42. The number of hydrogen-bond donors (Lipinski definition) is 2. The van der Waals surface area contributed by atoms with E-state index >= 15 is 0 Å². The Bertz CT molecular complexity index is 1090. The third kappa shape index (κ3) is 2.89. The van der Waals surface area contributed by atoms with Crippen LogP contribution in [-0.2, 0) is 19.5 Å². The van der Waals surface area contributed by atoms with Crippen LogP contribution in [0, 0.1) is 5.82 Å². The number of aliphatic carboxylic acids is 1. The molecule has 1 saturated heterocycles. The van der Waals surface area contributed by atoms with Gasteiger partial charge in [0.15, 0.2) is 6.04 Å². The molecule has 2 aromatic carbocycles. The van der Waals surface area contributed by atoms with E-state index in [1.807, 2.05) is 0 Å². The molecule has 0 aliphatic carbocycles. The molecular weight excluding hydrogens is 395 g/mol. The van der Waals surface area contributed by atoms with E-state index in [1.165, 1.54) is 30.3 Å². The monoisotopic (exact) mass is 408 g/mol. The van der Waals surface area contributed by atoms with Gasteiger partial charge in [0.1, 0.15) is 11.9 Å². The number of carboxylic acid groups (broad SMARTS) is 1. The normalized spacial score (nSPS) is 21.0. The molecule has 2 atom stereocenters. The fourth-order valence-electron chi connectivity index (χ4n) is 3.72. The van der Waals surface area contributed by atoms with Gasteiger partial charge in [-0.05, 0) is 34.4 Å². The summed E-state index contributed by atoms with van der Waals surface area (Å²) in [4.78, 5) is 25.4. The van der Waals surface area contributed by atoms with Crippen molar-refractivity contribution >= 4 is 22.4 Å². The average molecular weight is 408 g/mol. The van der Waals surface area contributed by atoms with Gasteiger partial charge in [0.2, 0.25) is 0 Å². The van der Waals surface area contributed by atoms with Crippen LogP contribution in [0.15, 0.2) is 42.5 Å². The van der Waals surface area contributed by atoms with Crippen molar-refractivity contribution in [3.05, 3.63) is 59.4 Å². The van der Waals surface area contributed by atoms with Crippen molar-refractivity contribution in [2.24, 2.45) is 0 Å². The molecule has 1 unspecified atom stereocenters. The van der Waals surface area contributed by atoms with Gasteiger partial charge in [-0.15, -0.1) is 4.28 Å². The van der Waals surface area contributed by atoms with E-state index in [9.17, 15) is 27.5 Å². The van der Waals surface area contributed by atoms with Crippen molar-refractivity contribution in [2.75, 3.05) is 6.54 Å². The maximum absolute atomic E-state index is 13.3. The quantitative estimate of drug-likeness (QED) is 0.743. The number of rotatable bonds is 4. The van der Waals surface area contributed by atoms with Gasteiger partial charge in [0.05, 0.1) is 6.54 Å². The second-order valence-corrected chi connectivity index (χ2v) is 7.34. The largest absolute Gasteiger partial charge is 0.479 e. The molecular formula is C17H13FN2O7S. The maximum Gasteiger partial charge on any atom is 0.418 e. The Labute approximate surface area is 158 Å². The van der Waals surface area contributed by atoms with E-state index in [-0.39, 0.29) is 12.1 Å². The molecule has 0 saturated carbocycles. The first-order chi connectivity index (χ1) is 13.2. The minimum absolute atomic E-state index is 0.156. The van der Waals surface area contributed by atoms with Crippen LogP contribution >= 0.6 is 0 Å². The van der Waals surface area contributed by atoms with E-state index in [2.05, 4.69) is 4.28 Å². The summed E-state index contributed by atoms with van der Waals surface area (Å²) in [6, 6.07) is 6.83. The van der Waals surface area contributed by atoms with Crippen molar-refractivity contribution in [1.29, 1.82) is 0 Å². The Balaban J connectivity index is 1.94. The van der Waals surface area contributed by atoms with Crippen molar-refractivity contribution in [3.63, 3.8) is 0 Å². The molecule has 2 amide bonds. The van der Waals surface area contributed by atoms with Crippen LogP contribution in [-0.4, -0.2) is 46.6 Å². The number of halogens is 1. The summed E-state index contributed by atoms with van der Waals surface area (Å²) in [7, 11) is -5.02. The van der Waals surface area contributed by atoms with Gasteiger partial charge in [-0.25, -0.2) is 14.0 Å². The SMILES string of the molecule is O=C(O)C1c2cccc(-c3ccc(F)cc3)c2[C@H]2CN1C(=O)N2OS(=O)(=O)O. The van der Waals surface area contributed by atoms with Crippen LogP contribution in [0.25, 0.3) is 11.1 Å². The van der Waals surface area contributed by atoms with E-state index in [0.29, 0.717) is 21.8 Å². The van der Waals surface area contributed by atoms with Crippen LogP contribution in [0.1, 0.15) is 23.2 Å². The number of hydroxylamine groups is 2. The molecule has 11 heteroatoms. The second-order valence-electron chi connectivity index (χ2n) is 6.33. The first kappa shape index (κ1) is 18.3. The molecule has 0 aromatic heterocycles. The summed E-state index contributed by atoms with van der Waals surface area (Å²) in [5, 5.41) is 10.1. The molecule has 4 rings (SSSR count). The molecule has 2 aromatic rings. The van der Waals surface area contributed by atoms with E-state index < -0.39 is 40.3 Å². The molecule has 2 heterocycles. The molecule has 2 aliphatic rings. The highest BCUT2D eigenvalue weighted by atomic mass is 32.3. The van der Waals surface area contributed by atoms with E-state index in [4.69, 9.17) is 4.55 Å². The van der Waals surface area contributed by atoms with Gasteiger partial charge in [0.25, 0.3) is 0 Å². The Morgan fingerprint density at radius 1 is 1.18 bits per heavy atom. The van der Waals surface area contributed by atoms with Crippen LogP contribution in [0.3, 0.4) is 0 Å². The number of fused-ring (bicyclic) bond motifs is 4. The summed E-state index contributed by atoms with van der Waals surface area (Å²) in [6.07, 6.45) is 0. The van der Waals surface area contributed by atoms with Crippen molar-refractivity contribution in [1.82, 2.24) is 9.96 Å². The smallest absolute Gasteiger partial charge is 0.418 e. The minimum Gasteiger partial charge on any atom is -0.479 e. The Morgan fingerprint density at radius 2 is 1.86 bits per heavy atom. The summed E-state index contributed by atoms with van der Waals surface area (Å²) >= 11 is 0. The molecule has 1 fully saturated rings. The summed E-state index contributed by atoms with van der Waals surface area (Å²) in [5.41, 5.74) is 1.67. The third-order valence-corrected chi connectivity index (χ3v) is 5.08. The standard InChI is InChI=1S/C17H13FN2O7S/c18-10-6-4-9(5-7-10)11-2-1-3-12-14(11)13-8-19(15(12)16(21)22)17(23)20(13)27-28(24,25)26/h1-7,13,15H,8H2,(H,21,22)(H,24,25,26)/t13-,15?/m1/s1. The van der Waals surface area contributed by atoms with E-state index in [1.54, 1.807) is 12.1 Å². The zero-order valence-electron chi connectivity index (χ0n) is 14.0. The zero-order chi connectivity index (χ0) is 20.2. The lowest BCUT2D eigenvalue weighted by atomic mass is 9.85. The minimum atomic E-state index is -5.02. The molecule has 2 N–H and O–H groups in total. The van der Waals surface area contributed by atoms with E-state index in [0.717, 1.165) is 4.90 Å². The average Bonchev–Trinajstić information content (AvgIpc) is 2.87. The molecule has 9 nitrogen and oxygen atoms in total. The van der Waals surface area contributed by atoms with Gasteiger partial charge >= 0.3 is 22.4 Å². The number of hydrogen-bond acceptors (Lipinski definition) is 5. The fraction of sp³-hybridized carbons (Fsp3) is 0.176. The van der Waals surface area contributed by atoms with Crippen LogP contribution in [0.2, 0.25) is 0 Å². The van der Waals surface area contributed by atoms with Crippen molar-refractivity contribution in [2.45, 2.75) is 12.1 Å². The Morgan fingerprint density at radius 3 is 2.46 bits per heavy atom. The highest BCUT2D eigenvalue weighted by Gasteiger charge is 2.53. The lowest BCUT2D eigenvalue weighted by Gasteiger charge is -2.31. The zero-order valence-corrected chi connectivity index (χ0v) is 14.8. The third-order valence-electron chi connectivity index (χ3n) is 4.73. The highest BCUT2D eigenvalue weighted by molar-refractivity contribution is 7.80. The number of carboxylic acids is 1. The van der Waals surface area contributed by atoms with Crippen LogP contribution in [0.4, 0.5) is 9.18 Å². The summed E-state index contributed by atoms with van der Waals surface area (Å²) < 4.78 is 49.2. The van der Waals surface area contributed by atoms with Gasteiger partial charge in [0, 0.05) is 0 Å². The molecule has 0 radical (unpaired) electrons. The molecule has 28 heavy (non-hydrogen) atoms. The van der Waals surface area contributed by atoms with Crippen molar-refractivity contribution < 1.29 is 36.3 Å². The summed E-state index contributed by atoms with van der Waals surface area (Å²) in [5.74, 6) is -1.77. The molecule has 2 aliphatic heterocycles. The lowest BCUT2D eigenvalue weighted by Crippen LogP contribution is -2.38. The predicted octanol–water partition coefficient (Wildman–Crippen LogP) is 2.15. The Hall–Kier alpha value is -3.02. The maximum atomic E-state index is 13.3. The highest BCUT2D eigenvalue weighted by Crippen LogP contribution is 2.47. The molecule has 0 spiro atoms. The molecule has 2 bridgehead atoms. The fourth-order valence-corrected chi connectivity index (χ4v) is 4.09. The number of benzene rings is 2. The number of carbonyl (C=O) groups is 2. The van der Waals surface area contributed by atoms with Gasteiger partial charge in [-0.2, -0.15) is 13.5 Å². The number of nitrogens with zero attached hydrogens (tertiary/aromatic N) is 2. The number of urea groups is 1. The molecule has 146 valence electrons. The van der Waals surface area contributed by atoms with Gasteiger partial charge in [-0.1, -0.05) is 30.3 Å². The van der Waals surface area contributed by atoms with Gasteiger partial charge in [-0.3, -0.25) is 4.55 Å². The summed E-state index contributed by atoms with van der Waals surface area (Å²) in [6.45, 7) is -0.156. The number of carbonyl (C=O) groups excluding carboxylic acids is 1. The van der Waals surface area contributed by atoms with Crippen LogP contribution < -0.4 is 0 Å². The second kappa shape index (κ2) is 6.26. The Kier molecular flexibility index (Phi) is 4.10. The van der Waals surface area contributed by atoms with Gasteiger partial charge < -0.3 is 10.0 Å². The van der Waals surface area contributed by atoms with Crippen molar-refractivity contribution in [3.8, 4) is 11.1 Å². The number of amides is 2. The topological polar surface area (TPSA) is 124 Å². The predicted molar refractivity (Wildman–Crippen MR) is 91.5 cm³/mol. The first-order valence-electron chi connectivity index (χ1n) is 8.06.